The van der Waals surface area contributed by atoms with Crippen molar-refractivity contribution in [1.82, 2.24) is 14.8 Å². The lowest BCUT2D eigenvalue weighted by atomic mass is 10.1. The van der Waals surface area contributed by atoms with Crippen molar-refractivity contribution in [2.45, 2.75) is 20.4 Å². The van der Waals surface area contributed by atoms with E-state index in [1.807, 2.05) is 38.1 Å². The first-order valence-corrected chi connectivity index (χ1v) is 11.1. The molecular formula is C27H23N3O5. The van der Waals surface area contributed by atoms with Crippen molar-refractivity contribution in [3.8, 4) is 5.69 Å². The van der Waals surface area contributed by atoms with Gasteiger partial charge in [-0.15, -0.1) is 0 Å². The zero-order valence-electron chi connectivity index (χ0n) is 19.5. The fourth-order valence-electron chi connectivity index (χ4n) is 4.41. The van der Waals surface area contributed by atoms with Gasteiger partial charge in [-0.05, 0) is 55.1 Å². The van der Waals surface area contributed by atoms with Gasteiger partial charge in [-0.3, -0.25) is 9.69 Å². The number of aryl methyl sites for hydroxylation is 1. The van der Waals surface area contributed by atoms with E-state index in [2.05, 4.69) is 38.9 Å². The smallest absolute Gasteiger partial charge is 0.373 e. The van der Waals surface area contributed by atoms with Gasteiger partial charge >= 0.3 is 12.0 Å². The molecule has 4 aromatic rings. The molecule has 5 rings (SSSR count). The predicted molar refractivity (Wildman–Crippen MR) is 130 cm³/mol. The third-order valence-electron chi connectivity index (χ3n) is 6.10. The van der Waals surface area contributed by atoms with Crippen LogP contribution in [-0.2, 0) is 16.1 Å². The first-order valence-electron chi connectivity index (χ1n) is 11.1. The lowest BCUT2D eigenvalue weighted by Gasteiger charge is -2.13. The van der Waals surface area contributed by atoms with E-state index in [1.54, 1.807) is 6.08 Å². The summed E-state index contributed by atoms with van der Waals surface area (Å²) in [5.41, 5.74) is 4.00. The molecule has 1 aliphatic rings. The monoisotopic (exact) mass is 469 g/mol. The zero-order chi connectivity index (χ0) is 24.7. The molecule has 0 radical (unpaired) electrons. The van der Waals surface area contributed by atoms with Gasteiger partial charge in [0.1, 0.15) is 11.5 Å². The fourth-order valence-corrected chi connectivity index (χ4v) is 4.41. The predicted octanol–water partition coefficient (Wildman–Crippen LogP) is 4.72. The first kappa shape index (κ1) is 22.2. The molecule has 8 heteroatoms. The van der Waals surface area contributed by atoms with Crippen molar-refractivity contribution in [3.63, 3.8) is 0 Å². The Labute approximate surface area is 201 Å². The number of nitrogens with one attached hydrogen (secondary N) is 1. The van der Waals surface area contributed by atoms with E-state index >= 15 is 0 Å². The molecule has 1 N–H and O–H groups in total. The molecule has 3 heterocycles. The number of amides is 3. The van der Waals surface area contributed by atoms with E-state index in [0.717, 1.165) is 38.3 Å². The van der Waals surface area contributed by atoms with Gasteiger partial charge in [0.15, 0.2) is 0 Å². The Bertz CT molecular complexity index is 1520. The van der Waals surface area contributed by atoms with E-state index in [4.69, 9.17) is 4.42 Å². The van der Waals surface area contributed by atoms with Crippen LogP contribution in [0.5, 0.6) is 0 Å². The Morgan fingerprint density at radius 1 is 1.06 bits per heavy atom. The maximum absolute atomic E-state index is 13.0. The van der Waals surface area contributed by atoms with Gasteiger partial charge in [0.2, 0.25) is 5.76 Å². The molecule has 0 bridgehead atoms. The number of methoxy groups -OCH3 is 1. The SMILES string of the molecule is COC(=O)c1ccc(CN2C(=O)NC(=Cc3cc(C)n(-c4cccc5ccccc45)c3C)C2=O)o1. The Kier molecular flexibility index (Phi) is 5.49. The Hall–Kier alpha value is -4.59. The second kappa shape index (κ2) is 8.64. The minimum atomic E-state index is -0.629. The first-order chi connectivity index (χ1) is 16.9. The molecule has 0 atom stereocenters. The van der Waals surface area contributed by atoms with E-state index in [1.165, 1.54) is 19.2 Å². The molecule has 1 aliphatic heterocycles. The van der Waals surface area contributed by atoms with E-state index in [9.17, 15) is 14.4 Å². The molecule has 176 valence electrons. The number of rotatable bonds is 5. The highest BCUT2D eigenvalue weighted by molar-refractivity contribution is 6.14. The van der Waals surface area contributed by atoms with Crippen LogP contribution in [0.25, 0.3) is 22.5 Å². The molecule has 0 unspecified atom stereocenters. The van der Waals surface area contributed by atoms with E-state index in [-0.39, 0.29) is 18.0 Å². The Morgan fingerprint density at radius 3 is 2.63 bits per heavy atom. The van der Waals surface area contributed by atoms with Gasteiger partial charge in [0.25, 0.3) is 5.91 Å². The summed E-state index contributed by atoms with van der Waals surface area (Å²) in [6, 6.07) is 18.7. The molecule has 8 nitrogen and oxygen atoms in total. The average Bonchev–Trinajstić information content (AvgIpc) is 3.51. The molecule has 0 saturated carbocycles. The zero-order valence-corrected chi connectivity index (χ0v) is 19.5. The van der Waals surface area contributed by atoms with Gasteiger partial charge in [0.05, 0.1) is 19.3 Å². The fraction of sp³-hybridized carbons (Fsp3) is 0.148. The number of imide groups is 1. The van der Waals surface area contributed by atoms with Crippen LogP contribution in [-0.4, -0.2) is 34.5 Å². The highest BCUT2D eigenvalue weighted by atomic mass is 16.5. The number of furan rings is 1. The summed E-state index contributed by atoms with van der Waals surface area (Å²) in [6.45, 7) is 3.89. The van der Waals surface area contributed by atoms with Gasteiger partial charge in [-0.25, -0.2) is 9.59 Å². The number of carbonyl (C=O) groups is 3. The number of benzene rings is 2. The van der Waals surface area contributed by atoms with Gasteiger partial charge < -0.3 is 19.0 Å². The molecule has 0 spiro atoms. The molecule has 1 fully saturated rings. The number of urea groups is 1. The summed E-state index contributed by atoms with van der Waals surface area (Å²) in [6.07, 6.45) is 1.69. The number of fused-ring (bicyclic) bond motifs is 1. The number of ether oxygens (including phenoxy) is 1. The maximum Gasteiger partial charge on any atom is 0.373 e. The van der Waals surface area contributed by atoms with Crippen LogP contribution >= 0.6 is 0 Å². The Morgan fingerprint density at radius 2 is 1.83 bits per heavy atom. The highest BCUT2D eigenvalue weighted by Crippen LogP contribution is 2.29. The summed E-state index contributed by atoms with van der Waals surface area (Å²) in [5, 5.41) is 4.91. The van der Waals surface area contributed by atoms with E-state index in [0.29, 0.717) is 5.76 Å². The third kappa shape index (κ3) is 3.89. The number of hydrogen-bond acceptors (Lipinski definition) is 5. The summed E-state index contributed by atoms with van der Waals surface area (Å²) in [4.78, 5) is 38.2. The van der Waals surface area contributed by atoms with Crippen LogP contribution in [0.15, 0.2) is 70.8 Å². The van der Waals surface area contributed by atoms with E-state index < -0.39 is 17.9 Å². The van der Waals surface area contributed by atoms with Crippen LogP contribution in [0.2, 0.25) is 0 Å². The normalized spacial score (nSPS) is 14.7. The quantitative estimate of drug-likeness (QED) is 0.259. The Balaban J connectivity index is 1.44. The largest absolute Gasteiger partial charge is 0.463 e. The van der Waals surface area contributed by atoms with Crippen molar-refractivity contribution in [3.05, 3.63) is 94.8 Å². The van der Waals surface area contributed by atoms with Gasteiger partial charge in [-0.2, -0.15) is 0 Å². The maximum atomic E-state index is 13.0. The minimum Gasteiger partial charge on any atom is -0.463 e. The van der Waals surface area contributed by atoms with Crippen LogP contribution in [0.3, 0.4) is 0 Å². The molecule has 0 aliphatic carbocycles. The van der Waals surface area contributed by atoms with Crippen LogP contribution < -0.4 is 5.32 Å². The van der Waals surface area contributed by atoms with Crippen LogP contribution in [0.1, 0.15) is 33.3 Å². The van der Waals surface area contributed by atoms with Crippen molar-refractivity contribution in [2.75, 3.05) is 7.11 Å². The average molecular weight is 469 g/mol. The molecule has 2 aromatic heterocycles. The molecular weight excluding hydrogens is 446 g/mol. The van der Waals surface area contributed by atoms with Crippen molar-refractivity contribution < 1.29 is 23.5 Å². The summed E-state index contributed by atoms with van der Waals surface area (Å²) in [7, 11) is 1.25. The summed E-state index contributed by atoms with van der Waals surface area (Å²) < 4.78 is 12.2. The number of nitrogens with zero attached hydrogens (tertiary/aromatic N) is 2. The third-order valence-corrected chi connectivity index (χ3v) is 6.10. The standard InChI is InChI=1S/C27H23N3O5/c1-16-13-19(17(2)30(16)23-10-6-8-18-7-4-5-9-21(18)23)14-22-25(31)29(27(33)28-22)15-20-11-12-24(35-20)26(32)34-3/h4-14H,15H2,1-3H3,(H,28,33). The molecule has 1 saturated heterocycles. The number of aromatic nitrogens is 1. The molecule has 2 aromatic carbocycles. The summed E-state index contributed by atoms with van der Waals surface area (Å²) >= 11 is 0. The number of hydrogen-bond donors (Lipinski definition) is 1. The minimum absolute atomic E-state index is 0.00574. The lowest BCUT2D eigenvalue weighted by Crippen LogP contribution is -2.30. The highest BCUT2D eigenvalue weighted by Gasteiger charge is 2.34. The number of carbonyl (C=O) groups excluding carboxylic acids is 3. The molecule has 3 amide bonds. The topological polar surface area (TPSA) is 93.8 Å². The number of esters is 1. The molecule has 35 heavy (non-hydrogen) atoms. The van der Waals surface area contributed by atoms with Crippen molar-refractivity contribution in [1.29, 1.82) is 0 Å². The van der Waals surface area contributed by atoms with Crippen LogP contribution in [0, 0.1) is 13.8 Å². The second-order valence-electron chi connectivity index (χ2n) is 8.30. The van der Waals surface area contributed by atoms with Gasteiger partial charge in [-0.1, -0.05) is 36.4 Å². The summed E-state index contributed by atoms with van der Waals surface area (Å²) in [5.74, 6) is -0.799. The lowest BCUT2D eigenvalue weighted by molar-refractivity contribution is -0.123. The van der Waals surface area contributed by atoms with Gasteiger partial charge in [0, 0.05) is 16.8 Å². The second-order valence-corrected chi connectivity index (χ2v) is 8.30. The van der Waals surface area contributed by atoms with Crippen LogP contribution in [0.4, 0.5) is 4.79 Å². The van der Waals surface area contributed by atoms with Crippen molar-refractivity contribution in [2.24, 2.45) is 0 Å². The van der Waals surface area contributed by atoms with Crippen molar-refractivity contribution >= 4 is 34.8 Å².